The Morgan fingerprint density at radius 3 is 2.79 bits per heavy atom. The van der Waals surface area contributed by atoms with Gasteiger partial charge in [0.2, 0.25) is 11.9 Å². The van der Waals surface area contributed by atoms with Crippen molar-refractivity contribution >= 4 is 34.9 Å². The molecule has 1 aliphatic rings. The number of nitrogens with one attached hydrogen (secondary N) is 1. The van der Waals surface area contributed by atoms with Crippen molar-refractivity contribution in [2.45, 2.75) is 19.9 Å². The lowest BCUT2D eigenvalue weighted by Crippen LogP contribution is -2.39. The van der Waals surface area contributed by atoms with Crippen molar-refractivity contribution in [3.63, 3.8) is 0 Å². The van der Waals surface area contributed by atoms with Crippen molar-refractivity contribution in [2.24, 2.45) is 10.9 Å². The van der Waals surface area contributed by atoms with E-state index >= 15 is 0 Å². The molecule has 1 N–H and O–H groups in total. The van der Waals surface area contributed by atoms with Crippen molar-refractivity contribution in [3.8, 4) is 0 Å². The van der Waals surface area contributed by atoms with E-state index in [0.29, 0.717) is 27.9 Å². The number of rotatable bonds is 3. The highest BCUT2D eigenvalue weighted by Gasteiger charge is 2.40. The Kier molecular flexibility index (Phi) is 4.68. The van der Waals surface area contributed by atoms with Gasteiger partial charge >= 0.3 is 0 Å². The van der Waals surface area contributed by atoms with Crippen molar-refractivity contribution in [1.82, 2.24) is 14.8 Å². The Labute approximate surface area is 166 Å². The third-order valence-corrected chi connectivity index (χ3v) is 5.06. The topological polar surface area (TPSA) is 72.2 Å². The summed E-state index contributed by atoms with van der Waals surface area (Å²) in [5, 5.41) is 7.61. The number of carbonyl (C=O) groups is 1. The highest BCUT2D eigenvalue weighted by Crippen LogP contribution is 2.36. The molecule has 0 aliphatic carbocycles. The molecule has 28 heavy (non-hydrogen) atoms. The molecule has 4 rings (SSSR count). The van der Waals surface area contributed by atoms with E-state index in [9.17, 15) is 9.18 Å². The van der Waals surface area contributed by atoms with Crippen LogP contribution < -0.4 is 5.32 Å². The van der Waals surface area contributed by atoms with Crippen molar-refractivity contribution in [2.75, 3.05) is 5.32 Å². The Balaban J connectivity index is 1.78. The number of nitrogens with zero attached hydrogens (tertiary/aromatic N) is 4. The zero-order valence-corrected chi connectivity index (χ0v) is 16.0. The van der Waals surface area contributed by atoms with Gasteiger partial charge in [-0.3, -0.25) is 4.79 Å². The maximum Gasteiger partial charge on any atom is 0.248 e. The van der Waals surface area contributed by atoms with Gasteiger partial charge in [-0.05, 0) is 37.6 Å². The standard InChI is InChI=1S/C20H17ClFN5O/c1-11-7-8-13(21)9-16(11)26-19(28)17-12(2)25-20-23-10-24-27(20)18(17)14-5-3-4-6-15(14)22/h3-10,17-18H,1-2H3,(H,26,28). The van der Waals surface area contributed by atoms with Crippen LogP contribution in [0.15, 0.2) is 53.8 Å². The first-order chi connectivity index (χ1) is 13.5. The fraction of sp³-hybridized carbons (Fsp3) is 0.200. The van der Waals surface area contributed by atoms with Crippen LogP contribution in [0.3, 0.4) is 0 Å². The summed E-state index contributed by atoms with van der Waals surface area (Å²) in [6, 6.07) is 10.9. The maximum absolute atomic E-state index is 14.6. The van der Waals surface area contributed by atoms with E-state index in [1.807, 2.05) is 13.0 Å². The van der Waals surface area contributed by atoms with Crippen LogP contribution in [0.1, 0.15) is 24.1 Å². The molecule has 1 amide bonds. The summed E-state index contributed by atoms with van der Waals surface area (Å²) in [6.07, 6.45) is 1.35. The summed E-state index contributed by atoms with van der Waals surface area (Å²) < 4.78 is 16.1. The van der Waals surface area contributed by atoms with E-state index in [1.54, 1.807) is 37.3 Å². The molecule has 0 radical (unpaired) electrons. The molecule has 2 atom stereocenters. The minimum absolute atomic E-state index is 0.319. The molecule has 0 spiro atoms. The van der Waals surface area contributed by atoms with Gasteiger partial charge in [0, 0.05) is 22.0 Å². The normalized spacial score (nSPS) is 18.4. The number of hydrogen-bond acceptors (Lipinski definition) is 4. The monoisotopic (exact) mass is 397 g/mol. The molecule has 0 saturated carbocycles. The minimum atomic E-state index is -0.760. The van der Waals surface area contributed by atoms with Gasteiger partial charge in [0.1, 0.15) is 24.1 Å². The van der Waals surface area contributed by atoms with Gasteiger partial charge in [-0.1, -0.05) is 35.9 Å². The Morgan fingerprint density at radius 1 is 1.21 bits per heavy atom. The lowest BCUT2D eigenvalue weighted by molar-refractivity contribution is -0.118. The molecule has 3 aromatic rings. The number of amides is 1. The van der Waals surface area contributed by atoms with Crippen LogP contribution in [0.4, 0.5) is 16.0 Å². The van der Waals surface area contributed by atoms with Crippen molar-refractivity contribution < 1.29 is 9.18 Å². The van der Waals surface area contributed by atoms with Crippen molar-refractivity contribution in [3.05, 3.63) is 70.8 Å². The maximum atomic E-state index is 14.6. The van der Waals surface area contributed by atoms with Crippen molar-refractivity contribution in [1.29, 1.82) is 0 Å². The fourth-order valence-corrected chi connectivity index (χ4v) is 3.59. The molecule has 2 heterocycles. The molecule has 1 aliphatic heterocycles. The smallest absolute Gasteiger partial charge is 0.248 e. The highest BCUT2D eigenvalue weighted by atomic mass is 35.5. The number of benzene rings is 2. The van der Waals surface area contributed by atoms with Gasteiger partial charge in [-0.2, -0.15) is 10.1 Å². The number of aliphatic imine (C=N–C) groups is 1. The second-order valence-corrected chi connectivity index (χ2v) is 7.09. The van der Waals surface area contributed by atoms with Crippen LogP contribution in [0.25, 0.3) is 0 Å². The lowest BCUT2D eigenvalue weighted by atomic mass is 9.87. The van der Waals surface area contributed by atoms with E-state index in [0.717, 1.165) is 5.56 Å². The van der Waals surface area contributed by atoms with Gasteiger partial charge in [0.25, 0.3) is 0 Å². The number of aryl methyl sites for hydroxylation is 1. The average Bonchev–Trinajstić information content (AvgIpc) is 3.12. The van der Waals surface area contributed by atoms with E-state index in [4.69, 9.17) is 11.6 Å². The largest absolute Gasteiger partial charge is 0.325 e. The molecule has 0 fully saturated rings. The van der Waals surface area contributed by atoms with Crippen LogP contribution in [0.2, 0.25) is 5.02 Å². The number of carbonyl (C=O) groups excluding carboxylic acids is 1. The molecular weight excluding hydrogens is 381 g/mol. The molecule has 8 heteroatoms. The van der Waals surface area contributed by atoms with Crippen LogP contribution in [0.5, 0.6) is 0 Å². The van der Waals surface area contributed by atoms with E-state index in [2.05, 4.69) is 20.4 Å². The van der Waals surface area contributed by atoms with E-state index in [-0.39, 0.29) is 5.91 Å². The van der Waals surface area contributed by atoms with Gasteiger partial charge in [0.05, 0.1) is 0 Å². The number of aromatic nitrogens is 3. The van der Waals surface area contributed by atoms with Crippen LogP contribution in [0, 0.1) is 18.7 Å². The van der Waals surface area contributed by atoms with Gasteiger partial charge in [-0.25, -0.2) is 14.1 Å². The van der Waals surface area contributed by atoms with E-state index in [1.165, 1.54) is 17.1 Å². The molecule has 0 saturated heterocycles. The molecular formula is C20H17ClFN5O. The first kappa shape index (κ1) is 18.3. The summed E-state index contributed by atoms with van der Waals surface area (Å²) in [5.41, 5.74) is 2.35. The molecule has 2 aromatic carbocycles. The van der Waals surface area contributed by atoms with Gasteiger partial charge in [-0.15, -0.1) is 0 Å². The average molecular weight is 398 g/mol. The second kappa shape index (κ2) is 7.16. The Bertz CT molecular complexity index is 1090. The molecule has 142 valence electrons. The van der Waals surface area contributed by atoms with Gasteiger partial charge < -0.3 is 5.32 Å². The first-order valence-corrected chi connectivity index (χ1v) is 9.09. The lowest BCUT2D eigenvalue weighted by Gasteiger charge is -2.30. The predicted octanol–water partition coefficient (Wildman–Crippen LogP) is 4.33. The predicted molar refractivity (Wildman–Crippen MR) is 106 cm³/mol. The summed E-state index contributed by atoms with van der Waals surface area (Å²) in [4.78, 5) is 21.7. The second-order valence-electron chi connectivity index (χ2n) is 6.65. The van der Waals surface area contributed by atoms with E-state index < -0.39 is 17.8 Å². The first-order valence-electron chi connectivity index (χ1n) is 8.72. The van der Waals surface area contributed by atoms with Crippen LogP contribution in [-0.4, -0.2) is 26.4 Å². The van der Waals surface area contributed by atoms with Gasteiger partial charge in [0.15, 0.2) is 0 Å². The third-order valence-electron chi connectivity index (χ3n) is 4.82. The summed E-state index contributed by atoms with van der Waals surface area (Å²) >= 11 is 6.07. The fourth-order valence-electron chi connectivity index (χ4n) is 3.42. The SMILES string of the molecule is CC1=Nc2ncnn2C(c2ccccc2F)C1C(=O)Nc1cc(Cl)ccc1C. The highest BCUT2D eigenvalue weighted by molar-refractivity contribution is 6.31. The zero-order chi connectivity index (χ0) is 19.8. The minimum Gasteiger partial charge on any atom is -0.325 e. The molecule has 2 unspecified atom stereocenters. The Hall–Kier alpha value is -3.06. The quantitative estimate of drug-likeness (QED) is 0.715. The number of anilines is 1. The van der Waals surface area contributed by atoms with Crippen LogP contribution >= 0.6 is 11.6 Å². The molecule has 0 bridgehead atoms. The molecule has 1 aromatic heterocycles. The zero-order valence-electron chi connectivity index (χ0n) is 15.2. The Morgan fingerprint density at radius 2 is 2.00 bits per heavy atom. The molecule has 6 nitrogen and oxygen atoms in total. The van der Waals surface area contributed by atoms with Crippen LogP contribution in [-0.2, 0) is 4.79 Å². The third kappa shape index (κ3) is 3.18. The number of fused-ring (bicyclic) bond motifs is 1. The number of halogens is 2. The number of hydrogen-bond donors (Lipinski definition) is 1. The summed E-state index contributed by atoms with van der Waals surface area (Å²) in [7, 11) is 0. The summed E-state index contributed by atoms with van der Waals surface area (Å²) in [5.74, 6) is -1.15. The summed E-state index contributed by atoms with van der Waals surface area (Å²) in [6.45, 7) is 3.61.